The molecular formula is C19H22ClN3O4. The van der Waals surface area contributed by atoms with E-state index in [1.807, 2.05) is 13.8 Å². The minimum Gasteiger partial charge on any atom is -0.497 e. The molecule has 144 valence electrons. The van der Waals surface area contributed by atoms with E-state index in [4.69, 9.17) is 21.1 Å². The molecule has 0 saturated heterocycles. The number of urea groups is 1. The number of nitrogens with zero attached hydrogens (tertiary/aromatic N) is 1. The fraction of sp³-hybridized carbons (Fsp3) is 0.263. The number of carbonyl (C=O) groups excluding carboxylic acids is 2. The van der Waals surface area contributed by atoms with Gasteiger partial charge < -0.3 is 14.8 Å². The number of hydrogen-bond acceptors (Lipinski definition) is 4. The molecule has 0 unspecified atom stereocenters. The summed E-state index contributed by atoms with van der Waals surface area (Å²) in [6.07, 6.45) is -0.735. The molecular weight excluding hydrogens is 370 g/mol. The summed E-state index contributed by atoms with van der Waals surface area (Å²) in [6, 6.07) is 12.7. The summed E-state index contributed by atoms with van der Waals surface area (Å²) in [4.78, 5) is 24.8. The Bertz CT molecular complexity index is 781. The fourth-order valence-electron chi connectivity index (χ4n) is 2.08. The molecule has 7 nitrogen and oxygen atoms in total. The third-order valence-corrected chi connectivity index (χ3v) is 3.60. The highest BCUT2D eigenvalue weighted by Gasteiger charge is 2.20. The van der Waals surface area contributed by atoms with Crippen LogP contribution in [0.5, 0.6) is 5.75 Å². The first-order chi connectivity index (χ1) is 12.9. The van der Waals surface area contributed by atoms with Crippen molar-refractivity contribution in [2.75, 3.05) is 24.0 Å². The SMILES string of the molecule is COc1ccc(N(NC(=O)OCC(C)C)C(=O)Nc2cccc(Cl)c2)cc1. The van der Waals surface area contributed by atoms with Gasteiger partial charge in [0.1, 0.15) is 5.75 Å². The number of hydrogen-bond donors (Lipinski definition) is 2. The fourth-order valence-corrected chi connectivity index (χ4v) is 2.27. The van der Waals surface area contributed by atoms with Crippen LogP contribution in [0.3, 0.4) is 0 Å². The van der Waals surface area contributed by atoms with E-state index in [1.165, 1.54) is 0 Å². The maximum Gasteiger partial charge on any atom is 0.426 e. The van der Waals surface area contributed by atoms with Gasteiger partial charge in [0.2, 0.25) is 0 Å². The van der Waals surface area contributed by atoms with Gasteiger partial charge in [0, 0.05) is 10.7 Å². The molecule has 0 bridgehead atoms. The predicted octanol–water partition coefficient (Wildman–Crippen LogP) is 4.68. The molecule has 0 aliphatic carbocycles. The smallest absolute Gasteiger partial charge is 0.426 e. The first kappa shape index (κ1) is 20.4. The predicted molar refractivity (Wildman–Crippen MR) is 105 cm³/mol. The van der Waals surface area contributed by atoms with E-state index < -0.39 is 12.1 Å². The highest BCUT2D eigenvalue weighted by atomic mass is 35.5. The monoisotopic (exact) mass is 391 g/mol. The van der Waals surface area contributed by atoms with Gasteiger partial charge in [0.25, 0.3) is 0 Å². The average molecular weight is 392 g/mol. The van der Waals surface area contributed by atoms with Crippen molar-refractivity contribution in [2.45, 2.75) is 13.8 Å². The standard InChI is InChI=1S/C19H22ClN3O4/c1-13(2)12-27-19(25)22-23(16-7-9-17(26-3)10-8-16)18(24)21-15-6-4-5-14(20)11-15/h4-11,13H,12H2,1-3H3,(H,21,24)(H,22,25). The lowest BCUT2D eigenvalue weighted by Crippen LogP contribution is -2.49. The molecule has 0 saturated carbocycles. The lowest BCUT2D eigenvalue weighted by Gasteiger charge is -2.23. The Kier molecular flexibility index (Phi) is 7.31. The molecule has 0 aliphatic rings. The summed E-state index contributed by atoms with van der Waals surface area (Å²) < 4.78 is 10.2. The summed E-state index contributed by atoms with van der Waals surface area (Å²) in [5.74, 6) is 0.793. The first-order valence-electron chi connectivity index (χ1n) is 8.33. The van der Waals surface area contributed by atoms with Gasteiger partial charge >= 0.3 is 12.1 Å². The van der Waals surface area contributed by atoms with Crippen molar-refractivity contribution in [3.05, 3.63) is 53.6 Å². The molecule has 0 atom stereocenters. The van der Waals surface area contributed by atoms with Gasteiger partial charge in [-0.15, -0.1) is 0 Å². The molecule has 2 rings (SSSR count). The lowest BCUT2D eigenvalue weighted by molar-refractivity contribution is 0.132. The van der Waals surface area contributed by atoms with Crippen molar-refractivity contribution in [2.24, 2.45) is 5.92 Å². The topological polar surface area (TPSA) is 79.9 Å². The highest BCUT2D eigenvalue weighted by Crippen LogP contribution is 2.20. The second-order valence-electron chi connectivity index (χ2n) is 6.08. The summed E-state index contributed by atoms with van der Waals surface area (Å²) in [5.41, 5.74) is 3.36. The number of hydrazine groups is 1. The number of methoxy groups -OCH3 is 1. The Hall–Kier alpha value is -2.93. The van der Waals surface area contributed by atoms with Gasteiger partial charge in [-0.3, -0.25) is 0 Å². The van der Waals surface area contributed by atoms with Crippen LogP contribution in [0.2, 0.25) is 5.02 Å². The van der Waals surface area contributed by atoms with Crippen molar-refractivity contribution in [3.63, 3.8) is 0 Å². The molecule has 27 heavy (non-hydrogen) atoms. The highest BCUT2D eigenvalue weighted by molar-refractivity contribution is 6.30. The zero-order chi connectivity index (χ0) is 19.8. The van der Waals surface area contributed by atoms with E-state index in [1.54, 1.807) is 55.6 Å². The zero-order valence-electron chi connectivity index (χ0n) is 15.4. The van der Waals surface area contributed by atoms with Gasteiger partial charge in [-0.1, -0.05) is 31.5 Å². The number of ether oxygens (including phenoxy) is 2. The number of amides is 3. The normalized spacial score (nSPS) is 10.3. The van der Waals surface area contributed by atoms with Crippen LogP contribution < -0.4 is 20.5 Å². The van der Waals surface area contributed by atoms with Gasteiger partial charge in [0.05, 0.1) is 19.4 Å². The number of nitrogens with one attached hydrogen (secondary N) is 2. The van der Waals surface area contributed by atoms with Gasteiger partial charge in [-0.2, -0.15) is 5.01 Å². The number of halogens is 1. The Morgan fingerprint density at radius 2 is 1.85 bits per heavy atom. The maximum atomic E-state index is 12.7. The Labute approximate surface area is 163 Å². The average Bonchev–Trinajstić information content (AvgIpc) is 2.64. The van der Waals surface area contributed by atoms with Crippen molar-refractivity contribution in [1.29, 1.82) is 0 Å². The molecule has 2 aromatic rings. The number of rotatable bonds is 5. The van der Waals surface area contributed by atoms with Crippen molar-refractivity contribution < 1.29 is 19.1 Å². The van der Waals surface area contributed by atoms with Crippen molar-refractivity contribution >= 4 is 35.1 Å². The summed E-state index contributed by atoms with van der Waals surface area (Å²) in [5, 5.41) is 4.22. The summed E-state index contributed by atoms with van der Waals surface area (Å²) >= 11 is 5.94. The molecule has 0 aliphatic heterocycles. The van der Waals surface area contributed by atoms with E-state index in [0.29, 0.717) is 22.1 Å². The Morgan fingerprint density at radius 1 is 1.15 bits per heavy atom. The van der Waals surface area contributed by atoms with E-state index >= 15 is 0 Å². The van der Waals surface area contributed by atoms with E-state index in [2.05, 4.69) is 10.7 Å². The molecule has 3 amide bonds. The summed E-state index contributed by atoms with van der Waals surface area (Å²) in [7, 11) is 1.54. The number of carbonyl (C=O) groups is 2. The first-order valence-corrected chi connectivity index (χ1v) is 8.71. The van der Waals surface area contributed by atoms with Crippen LogP contribution in [0, 0.1) is 5.92 Å². The largest absolute Gasteiger partial charge is 0.497 e. The lowest BCUT2D eigenvalue weighted by atomic mass is 10.2. The van der Waals surface area contributed by atoms with Crippen LogP contribution in [0.4, 0.5) is 21.0 Å². The molecule has 2 N–H and O–H groups in total. The third kappa shape index (κ3) is 6.38. The second-order valence-corrected chi connectivity index (χ2v) is 6.51. The van der Waals surface area contributed by atoms with Gasteiger partial charge in [-0.25, -0.2) is 15.0 Å². The van der Waals surface area contributed by atoms with Crippen LogP contribution in [-0.2, 0) is 4.74 Å². The van der Waals surface area contributed by atoms with Crippen molar-refractivity contribution in [1.82, 2.24) is 5.43 Å². The molecule has 0 fully saturated rings. The molecule has 0 heterocycles. The minimum absolute atomic E-state index is 0.172. The second kappa shape index (κ2) is 9.68. The Balaban J connectivity index is 2.19. The number of benzene rings is 2. The van der Waals surface area contributed by atoms with Crippen LogP contribution in [-0.4, -0.2) is 25.8 Å². The van der Waals surface area contributed by atoms with Crippen LogP contribution in [0.15, 0.2) is 48.5 Å². The van der Waals surface area contributed by atoms with Crippen LogP contribution in [0.1, 0.15) is 13.8 Å². The zero-order valence-corrected chi connectivity index (χ0v) is 16.1. The summed E-state index contributed by atoms with van der Waals surface area (Å²) in [6.45, 7) is 4.07. The Morgan fingerprint density at radius 3 is 2.44 bits per heavy atom. The minimum atomic E-state index is -0.735. The van der Waals surface area contributed by atoms with E-state index in [-0.39, 0.29) is 12.5 Å². The van der Waals surface area contributed by atoms with Crippen molar-refractivity contribution in [3.8, 4) is 5.75 Å². The van der Waals surface area contributed by atoms with Crippen LogP contribution in [0.25, 0.3) is 0 Å². The van der Waals surface area contributed by atoms with Gasteiger partial charge in [0.15, 0.2) is 0 Å². The third-order valence-electron chi connectivity index (χ3n) is 3.36. The molecule has 2 aromatic carbocycles. The van der Waals surface area contributed by atoms with E-state index in [0.717, 1.165) is 5.01 Å². The number of anilines is 2. The van der Waals surface area contributed by atoms with E-state index in [9.17, 15) is 9.59 Å². The molecule has 0 radical (unpaired) electrons. The van der Waals surface area contributed by atoms with Gasteiger partial charge in [-0.05, 0) is 48.4 Å². The van der Waals surface area contributed by atoms with Crippen LogP contribution >= 0.6 is 11.6 Å². The quantitative estimate of drug-likeness (QED) is 0.725. The molecule has 0 spiro atoms. The molecule has 0 aromatic heterocycles. The molecule has 8 heteroatoms. The maximum absolute atomic E-state index is 12.7.